The van der Waals surface area contributed by atoms with E-state index in [1.807, 2.05) is 0 Å². The van der Waals surface area contributed by atoms with Crippen LogP contribution in [-0.2, 0) is 19.4 Å². The molecule has 3 heteroatoms. The second kappa shape index (κ2) is 5.43. The number of nitrogens with zero attached hydrogens (tertiary/aromatic N) is 2. The summed E-state index contributed by atoms with van der Waals surface area (Å²) in [6.07, 6.45) is 4.99. The zero-order chi connectivity index (χ0) is 13.2. The van der Waals surface area contributed by atoms with E-state index in [-0.39, 0.29) is 0 Å². The van der Waals surface area contributed by atoms with Crippen LogP contribution in [-0.4, -0.2) is 23.4 Å². The molecule has 0 aromatic carbocycles. The Kier molecular flexibility index (Phi) is 4.10. The molecule has 1 aromatic rings. The van der Waals surface area contributed by atoms with Gasteiger partial charge in [0.15, 0.2) is 0 Å². The fraction of sp³-hybridized carbons (Fsp3) is 0.800. The zero-order valence-electron chi connectivity index (χ0n) is 12.3. The van der Waals surface area contributed by atoms with Crippen molar-refractivity contribution >= 4 is 0 Å². The van der Waals surface area contributed by atoms with Gasteiger partial charge in [0.2, 0.25) is 0 Å². The summed E-state index contributed by atoms with van der Waals surface area (Å²) < 4.78 is 2.19. The lowest BCUT2D eigenvalue weighted by Gasteiger charge is -2.29. The summed E-state index contributed by atoms with van der Waals surface area (Å²) in [4.78, 5) is 0. The number of aryl methyl sites for hydroxylation is 2. The number of hydrogen-bond acceptors (Lipinski definition) is 2. The maximum Gasteiger partial charge on any atom is 0.0624 e. The molecule has 0 saturated heterocycles. The summed E-state index contributed by atoms with van der Waals surface area (Å²) in [7, 11) is 2.06. The highest BCUT2D eigenvalue weighted by atomic mass is 15.3. The first-order chi connectivity index (χ1) is 8.62. The zero-order valence-corrected chi connectivity index (χ0v) is 12.3. The maximum atomic E-state index is 4.67. The molecular weight excluding hydrogens is 222 g/mol. The van der Waals surface area contributed by atoms with Crippen molar-refractivity contribution in [2.24, 2.45) is 11.3 Å². The summed E-state index contributed by atoms with van der Waals surface area (Å²) in [5.74, 6) is 0.898. The number of nitrogens with one attached hydrogen (secondary N) is 1. The number of rotatable bonds is 7. The second-order valence-corrected chi connectivity index (χ2v) is 5.93. The molecule has 0 radical (unpaired) electrons. The number of aromatic nitrogens is 2. The van der Waals surface area contributed by atoms with Crippen LogP contribution < -0.4 is 5.32 Å². The Balaban J connectivity index is 2.17. The van der Waals surface area contributed by atoms with Gasteiger partial charge in [0.05, 0.1) is 5.69 Å². The summed E-state index contributed by atoms with van der Waals surface area (Å²) in [6, 6.07) is 2.31. The molecule has 1 atom stereocenters. The molecule has 1 aliphatic carbocycles. The molecule has 1 saturated carbocycles. The lowest BCUT2D eigenvalue weighted by Crippen LogP contribution is -2.34. The van der Waals surface area contributed by atoms with Gasteiger partial charge in [0.1, 0.15) is 0 Å². The smallest absolute Gasteiger partial charge is 0.0624 e. The van der Waals surface area contributed by atoms with Crippen molar-refractivity contribution in [3.63, 3.8) is 0 Å². The molecule has 1 aliphatic rings. The Bertz CT molecular complexity index is 392. The van der Waals surface area contributed by atoms with Crippen LogP contribution in [0.1, 0.15) is 45.0 Å². The summed E-state index contributed by atoms with van der Waals surface area (Å²) in [5, 5.41) is 8.05. The Morgan fingerprint density at radius 1 is 1.44 bits per heavy atom. The van der Waals surface area contributed by atoms with E-state index in [1.165, 1.54) is 24.2 Å². The third-order valence-electron chi connectivity index (χ3n) is 4.30. The van der Waals surface area contributed by atoms with E-state index in [0.717, 1.165) is 31.8 Å². The lowest BCUT2D eigenvalue weighted by molar-refractivity contribution is 0.256. The van der Waals surface area contributed by atoms with Crippen molar-refractivity contribution in [1.29, 1.82) is 0 Å². The molecule has 1 heterocycles. The van der Waals surface area contributed by atoms with Crippen molar-refractivity contribution in [1.82, 2.24) is 15.1 Å². The first-order valence-electron chi connectivity index (χ1n) is 7.33. The van der Waals surface area contributed by atoms with Crippen LogP contribution in [0.2, 0.25) is 0 Å². The van der Waals surface area contributed by atoms with Crippen LogP contribution >= 0.6 is 0 Å². The SMILES string of the molecule is CCc1cc(CC(C)(CNC)C2CC2)n(CC)n1. The van der Waals surface area contributed by atoms with Crippen LogP contribution in [0.15, 0.2) is 6.07 Å². The lowest BCUT2D eigenvalue weighted by atomic mass is 9.80. The maximum absolute atomic E-state index is 4.67. The van der Waals surface area contributed by atoms with E-state index in [4.69, 9.17) is 0 Å². The van der Waals surface area contributed by atoms with Crippen molar-refractivity contribution in [2.75, 3.05) is 13.6 Å². The van der Waals surface area contributed by atoms with Gasteiger partial charge in [0.25, 0.3) is 0 Å². The molecule has 0 spiro atoms. The fourth-order valence-electron chi connectivity index (χ4n) is 3.05. The predicted octanol–water partition coefficient (Wildman–Crippen LogP) is 2.64. The minimum atomic E-state index is 0.396. The van der Waals surface area contributed by atoms with Gasteiger partial charge in [-0.15, -0.1) is 0 Å². The molecule has 1 fully saturated rings. The topological polar surface area (TPSA) is 29.9 Å². The van der Waals surface area contributed by atoms with Crippen molar-refractivity contribution in [2.45, 2.75) is 53.0 Å². The molecule has 1 N–H and O–H groups in total. The molecule has 1 aromatic heterocycles. The monoisotopic (exact) mass is 249 g/mol. The third kappa shape index (κ3) is 2.77. The summed E-state index contributed by atoms with van der Waals surface area (Å²) >= 11 is 0. The standard InChI is InChI=1S/C15H27N3/c1-5-13-9-14(18(6-2)17-13)10-15(3,11-16-4)12-7-8-12/h9,12,16H,5-8,10-11H2,1-4H3. The fourth-order valence-corrected chi connectivity index (χ4v) is 3.05. The van der Waals surface area contributed by atoms with Crippen LogP contribution in [0, 0.1) is 11.3 Å². The van der Waals surface area contributed by atoms with Gasteiger partial charge in [-0.1, -0.05) is 13.8 Å². The van der Waals surface area contributed by atoms with Crippen molar-refractivity contribution in [3.05, 3.63) is 17.5 Å². The normalized spacial score (nSPS) is 18.9. The molecule has 1 unspecified atom stereocenters. The van der Waals surface area contributed by atoms with Crippen molar-refractivity contribution < 1.29 is 0 Å². The van der Waals surface area contributed by atoms with Gasteiger partial charge < -0.3 is 5.32 Å². The van der Waals surface area contributed by atoms with Crippen molar-refractivity contribution in [3.8, 4) is 0 Å². The summed E-state index contributed by atoms with van der Waals surface area (Å²) in [5.41, 5.74) is 3.04. The minimum absolute atomic E-state index is 0.396. The highest BCUT2D eigenvalue weighted by molar-refractivity contribution is 5.14. The van der Waals surface area contributed by atoms with Gasteiger partial charge in [-0.2, -0.15) is 5.10 Å². The minimum Gasteiger partial charge on any atom is -0.319 e. The first kappa shape index (κ1) is 13.6. The Morgan fingerprint density at radius 2 is 2.17 bits per heavy atom. The highest BCUT2D eigenvalue weighted by Gasteiger charge is 2.41. The quantitative estimate of drug-likeness (QED) is 0.805. The van der Waals surface area contributed by atoms with E-state index in [9.17, 15) is 0 Å². The second-order valence-electron chi connectivity index (χ2n) is 5.93. The Morgan fingerprint density at radius 3 is 2.67 bits per heavy atom. The van der Waals surface area contributed by atoms with Crippen LogP contribution in [0.4, 0.5) is 0 Å². The molecule has 3 nitrogen and oxygen atoms in total. The van der Waals surface area contributed by atoms with E-state index in [2.05, 4.69) is 49.0 Å². The van der Waals surface area contributed by atoms with E-state index < -0.39 is 0 Å². The Hall–Kier alpha value is -0.830. The van der Waals surface area contributed by atoms with Gasteiger partial charge in [-0.05, 0) is 57.1 Å². The highest BCUT2D eigenvalue weighted by Crippen LogP contribution is 2.47. The van der Waals surface area contributed by atoms with E-state index in [0.29, 0.717) is 5.41 Å². The van der Waals surface area contributed by atoms with Crippen LogP contribution in [0.3, 0.4) is 0 Å². The van der Waals surface area contributed by atoms with Crippen LogP contribution in [0.25, 0.3) is 0 Å². The molecule has 18 heavy (non-hydrogen) atoms. The molecular formula is C15H27N3. The first-order valence-corrected chi connectivity index (χ1v) is 7.33. The van der Waals surface area contributed by atoms with Gasteiger partial charge in [-0.3, -0.25) is 4.68 Å². The predicted molar refractivity (Wildman–Crippen MR) is 75.7 cm³/mol. The third-order valence-corrected chi connectivity index (χ3v) is 4.30. The molecule has 0 aliphatic heterocycles. The van der Waals surface area contributed by atoms with E-state index >= 15 is 0 Å². The number of hydrogen-bond donors (Lipinski definition) is 1. The average molecular weight is 249 g/mol. The molecule has 2 rings (SSSR count). The van der Waals surface area contributed by atoms with Gasteiger partial charge in [-0.25, -0.2) is 0 Å². The van der Waals surface area contributed by atoms with Crippen LogP contribution in [0.5, 0.6) is 0 Å². The molecule has 102 valence electrons. The van der Waals surface area contributed by atoms with Gasteiger partial charge >= 0.3 is 0 Å². The average Bonchev–Trinajstić information content (AvgIpc) is 3.13. The van der Waals surface area contributed by atoms with Gasteiger partial charge in [0, 0.05) is 18.8 Å². The molecule has 0 bridgehead atoms. The molecule has 0 amide bonds. The van der Waals surface area contributed by atoms with E-state index in [1.54, 1.807) is 0 Å². The Labute approximate surface area is 111 Å². The summed E-state index contributed by atoms with van der Waals surface area (Å²) in [6.45, 7) is 8.88. The largest absolute Gasteiger partial charge is 0.319 e.